The van der Waals surface area contributed by atoms with Crippen LogP contribution in [0.15, 0.2) is 34.9 Å². The Kier molecular flexibility index (Phi) is 7.51. The van der Waals surface area contributed by atoms with E-state index in [1.165, 1.54) is 0 Å². The molecule has 11 heteroatoms. The summed E-state index contributed by atoms with van der Waals surface area (Å²) in [5.41, 5.74) is 0.793. The second-order valence-electron chi connectivity index (χ2n) is 8.01. The summed E-state index contributed by atoms with van der Waals surface area (Å²) in [5.74, 6) is 1.09. The van der Waals surface area contributed by atoms with Crippen molar-refractivity contribution in [2.24, 2.45) is 0 Å². The van der Waals surface area contributed by atoms with Gasteiger partial charge in [-0.3, -0.25) is 9.69 Å². The largest absolute Gasteiger partial charge is 0.378 e. The number of hydrogen-bond acceptors (Lipinski definition) is 8. The van der Waals surface area contributed by atoms with Crippen LogP contribution in [0.4, 0.5) is 0 Å². The molecule has 3 heterocycles. The maximum atomic E-state index is 12.7. The Morgan fingerprint density at radius 2 is 1.72 bits per heavy atom. The lowest BCUT2D eigenvalue weighted by Gasteiger charge is -2.33. The molecule has 2 aliphatic rings. The number of carbonyl (C=O) groups excluding carboxylic acids is 1. The third-order valence-corrected chi connectivity index (χ3v) is 7.56. The fourth-order valence-corrected chi connectivity index (χ4v) is 5.40. The van der Waals surface area contributed by atoms with Gasteiger partial charge in [-0.1, -0.05) is 35.5 Å². The van der Waals surface area contributed by atoms with Gasteiger partial charge in [0.05, 0.1) is 25.5 Å². The van der Waals surface area contributed by atoms with E-state index in [0.29, 0.717) is 83.6 Å². The van der Waals surface area contributed by atoms with Crippen LogP contribution in [0.25, 0.3) is 0 Å². The Labute approximate surface area is 188 Å². The number of aromatic nitrogens is 2. The number of piperazine rings is 1. The molecule has 10 nitrogen and oxygen atoms in total. The molecule has 32 heavy (non-hydrogen) atoms. The standard InChI is InChI=1S/C21H29N5O5S/c27-21(25-12-14-30-15-13-25)7-6-20-22-19(23-31-20)16-24-8-10-26(11-9-24)32(28,29)17-18-4-2-1-3-5-18/h1-5H,6-17H2. The minimum Gasteiger partial charge on any atom is -0.378 e. The highest BCUT2D eigenvalue weighted by atomic mass is 32.2. The summed E-state index contributed by atoms with van der Waals surface area (Å²) < 4.78 is 37.5. The van der Waals surface area contributed by atoms with E-state index in [9.17, 15) is 13.2 Å². The van der Waals surface area contributed by atoms with Crippen LogP contribution in [0.2, 0.25) is 0 Å². The van der Waals surface area contributed by atoms with Crippen LogP contribution in [0, 0.1) is 0 Å². The second kappa shape index (κ2) is 10.5. The van der Waals surface area contributed by atoms with Crippen molar-refractivity contribution in [3.8, 4) is 0 Å². The molecule has 0 aliphatic carbocycles. The van der Waals surface area contributed by atoms with Gasteiger partial charge in [0.2, 0.25) is 21.8 Å². The second-order valence-corrected chi connectivity index (χ2v) is 9.98. The molecule has 0 radical (unpaired) electrons. The number of hydrogen-bond donors (Lipinski definition) is 0. The number of carbonyl (C=O) groups is 1. The van der Waals surface area contributed by atoms with Gasteiger partial charge in [0.25, 0.3) is 0 Å². The fraction of sp³-hybridized carbons (Fsp3) is 0.571. The van der Waals surface area contributed by atoms with Crippen molar-refractivity contribution in [2.75, 3.05) is 52.5 Å². The van der Waals surface area contributed by atoms with Gasteiger partial charge in [-0.05, 0) is 5.56 Å². The van der Waals surface area contributed by atoms with E-state index < -0.39 is 10.0 Å². The Morgan fingerprint density at radius 1 is 1.00 bits per heavy atom. The van der Waals surface area contributed by atoms with E-state index in [1.54, 1.807) is 9.21 Å². The van der Waals surface area contributed by atoms with Gasteiger partial charge in [-0.2, -0.15) is 9.29 Å². The number of aryl methyl sites for hydroxylation is 1. The first-order valence-electron chi connectivity index (χ1n) is 10.9. The molecular weight excluding hydrogens is 434 g/mol. The number of rotatable bonds is 8. The third kappa shape index (κ3) is 6.12. The van der Waals surface area contributed by atoms with Crippen molar-refractivity contribution in [1.29, 1.82) is 0 Å². The molecule has 2 saturated heterocycles. The van der Waals surface area contributed by atoms with Crippen molar-refractivity contribution in [3.05, 3.63) is 47.6 Å². The monoisotopic (exact) mass is 463 g/mol. The summed E-state index contributed by atoms with van der Waals surface area (Å²) in [4.78, 5) is 20.5. The molecule has 0 spiro atoms. The lowest BCUT2D eigenvalue weighted by molar-refractivity contribution is -0.135. The number of amides is 1. The summed E-state index contributed by atoms with van der Waals surface area (Å²) in [7, 11) is -3.34. The lowest BCUT2D eigenvalue weighted by atomic mass is 10.2. The van der Waals surface area contributed by atoms with Crippen molar-refractivity contribution < 1.29 is 22.5 Å². The zero-order valence-electron chi connectivity index (χ0n) is 18.1. The highest BCUT2D eigenvalue weighted by Gasteiger charge is 2.27. The molecule has 174 valence electrons. The van der Waals surface area contributed by atoms with Gasteiger partial charge >= 0.3 is 0 Å². The van der Waals surface area contributed by atoms with E-state index in [-0.39, 0.29) is 11.7 Å². The number of sulfonamides is 1. The predicted molar refractivity (Wildman–Crippen MR) is 116 cm³/mol. The van der Waals surface area contributed by atoms with E-state index in [0.717, 1.165) is 5.56 Å². The minimum absolute atomic E-state index is 0.0191. The number of morpholine rings is 1. The predicted octanol–water partition coefficient (Wildman–Crippen LogP) is 0.509. The molecule has 0 N–H and O–H groups in total. The molecule has 0 unspecified atom stereocenters. The van der Waals surface area contributed by atoms with Crippen molar-refractivity contribution in [2.45, 2.75) is 25.1 Å². The molecule has 0 bridgehead atoms. The maximum Gasteiger partial charge on any atom is 0.227 e. The van der Waals surface area contributed by atoms with E-state index in [2.05, 4.69) is 15.0 Å². The van der Waals surface area contributed by atoms with Crippen LogP contribution in [-0.4, -0.2) is 91.1 Å². The molecule has 2 aromatic rings. The average molecular weight is 464 g/mol. The van der Waals surface area contributed by atoms with Gasteiger partial charge in [-0.15, -0.1) is 0 Å². The topological polar surface area (TPSA) is 109 Å². The van der Waals surface area contributed by atoms with Crippen molar-refractivity contribution in [1.82, 2.24) is 24.2 Å². The molecule has 0 atom stereocenters. The van der Waals surface area contributed by atoms with Crippen molar-refractivity contribution in [3.63, 3.8) is 0 Å². The molecule has 1 amide bonds. The van der Waals surface area contributed by atoms with E-state index in [1.807, 2.05) is 30.3 Å². The third-order valence-electron chi connectivity index (χ3n) is 5.71. The number of ether oxygens (including phenoxy) is 1. The number of benzene rings is 1. The van der Waals surface area contributed by atoms with E-state index >= 15 is 0 Å². The first-order chi connectivity index (χ1) is 15.5. The van der Waals surface area contributed by atoms with Gasteiger partial charge in [0.15, 0.2) is 5.82 Å². The Hall–Kier alpha value is -2.34. The summed E-state index contributed by atoms with van der Waals surface area (Å²) in [5, 5.41) is 4.02. The van der Waals surface area contributed by atoms with Gasteiger partial charge < -0.3 is 14.2 Å². The average Bonchev–Trinajstić information content (AvgIpc) is 3.26. The summed E-state index contributed by atoms with van der Waals surface area (Å²) in [6.45, 7) is 4.99. The Balaban J connectivity index is 1.21. The zero-order chi connectivity index (χ0) is 22.4. The summed E-state index contributed by atoms with van der Waals surface area (Å²) >= 11 is 0. The molecule has 0 saturated carbocycles. The molecule has 1 aromatic carbocycles. The zero-order valence-corrected chi connectivity index (χ0v) is 18.9. The Morgan fingerprint density at radius 3 is 2.44 bits per heavy atom. The van der Waals surface area contributed by atoms with Crippen molar-refractivity contribution >= 4 is 15.9 Å². The molecule has 2 aliphatic heterocycles. The molecule has 4 rings (SSSR count). The highest BCUT2D eigenvalue weighted by molar-refractivity contribution is 7.88. The Bertz CT molecular complexity index is 983. The van der Waals surface area contributed by atoms with Crippen LogP contribution in [0.1, 0.15) is 23.7 Å². The molecular formula is C21H29N5O5S. The smallest absolute Gasteiger partial charge is 0.227 e. The first-order valence-corrected chi connectivity index (χ1v) is 12.5. The normalized spacial score (nSPS) is 18.7. The van der Waals surface area contributed by atoms with Gasteiger partial charge in [0, 0.05) is 52.1 Å². The highest BCUT2D eigenvalue weighted by Crippen LogP contribution is 2.15. The number of nitrogens with zero attached hydrogens (tertiary/aromatic N) is 5. The SMILES string of the molecule is O=C(CCc1nc(CN2CCN(S(=O)(=O)Cc3ccccc3)CC2)no1)N1CCOCC1. The first kappa shape index (κ1) is 22.8. The van der Waals surface area contributed by atoms with Gasteiger partial charge in [-0.25, -0.2) is 8.42 Å². The maximum absolute atomic E-state index is 12.7. The minimum atomic E-state index is -3.34. The molecule has 2 fully saturated rings. The van der Waals surface area contributed by atoms with E-state index in [4.69, 9.17) is 9.26 Å². The van der Waals surface area contributed by atoms with Crippen LogP contribution in [-0.2, 0) is 38.3 Å². The van der Waals surface area contributed by atoms with Crippen LogP contribution in [0.3, 0.4) is 0 Å². The lowest BCUT2D eigenvalue weighted by Crippen LogP contribution is -2.48. The summed E-state index contributed by atoms with van der Waals surface area (Å²) in [6, 6.07) is 9.23. The van der Waals surface area contributed by atoms with Crippen LogP contribution >= 0.6 is 0 Å². The van der Waals surface area contributed by atoms with Crippen LogP contribution in [0.5, 0.6) is 0 Å². The van der Waals surface area contributed by atoms with Gasteiger partial charge in [0.1, 0.15) is 0 Å². The quantitative estimate of drug-likeness (QED) is 0.557. The fourth-order valence-electron chi connectivity index (χ4n) is 3.88. The summed E-state index contributed by atoms with van der Waals surface area (Å²) in [6.07, 6.45) is 0.744. The molecule has 1 aromatic heterocycles. The van der Waals surface area contributed by atoms with Crippen LogP contribution < -0.4 is 0 Å².